The molecule has 4 rings (SSSR count). The lowest BCUT2D eigenvalue weighted by Gasteiger charge is -2.33. The van der Waals surface area contributed by atoms with Crippen molar-refractivity contribution in [1.82, 2.24) is 15.2 Å². The number of hydrogen-bond donors (Lipinski definition) is 1. The Morgan fingerprint density at radius 1 is 1.12 bits per heavy atom. The van der Waals surface area contributed by atoms with Gasteiger partial charge >= 0.3 is 0 Å². The van der Waals surface area contributed by atoms with Crippen LogP contribution < -0.4 is 10.1 Å². The summed E-state index contributed by atoms with van der Waals surface area (Å²) in [6, 6.07) is 16.3. The van der Waals surface area contributed by atoms with E-state index < -0.39 is 6.04 Å². The predicted octanol–water partition coefficient (Wildman–Crippen LogP) is 4.91. The summed E-state index contributed by atoms with van der Waals surface area (Å²) in [5.41, 5.74) is 1.46. The van der Waals surface area contributed by atoms with E-state index in [0.717, 1.165) is 36.1 Å². The number of nitrogens with zero attached hydrogens (tertiary/aromatic N) is 2. The summed E-state index contributed by atoms with van der Waals surface area (Å²) >= 11 is 1.54. The molecular formula is C27H31N3O3S. The first kappa shape index (κ1) is 24.0. The maximum absolute atomic E-state index is 13.7. The average Bonchev–Trinajstić information content (AvgIpc) is 3.38. The molecule has 6 nitrogen and oxygen atoms in total. The zero-order chi connectivity index (χ0) is 23.8. The molecule has 34 heavy (non-hydrogen) atoms. The average molecular weight is 478 g/mol. The molecule has 2 amide bonds. The standard InChI is InChI=1S/C27H31N3O3S/c1-33-22-12-7-9-20(17-22)19-30(25(31)18-23-13-8-16-34-23)26(24-14-5-6-15-28-24)27(32)29-21-10-3-2-4-11-21/h5-9,12-17,21,26H,2-4,10-11,18-19H2,1H3,(H,29,32). The van der Waals surface area contributed by atoms with Crippen LogP contribution >= 0.6 is 11.3 Å². The molecule has 0 spiro atoms. The molecule has 1 unspecified atom stereocenters. The number of nitrogens with one attached hydrogen (secondary N) is 1. The van der Waals surface area contributed by atoms with Crippen LogP contribution in [0.15, 0.2) is 66.2 Å². The Bertz CT molecular complexity index is 1070. The largest absolute Gasteiger partial charge is 0.497 e. The number of benzene rings is 1. The van der Waals surface area contributed by atoms with E-state index in [1.807, 2.05) is 60.0 Å². The Balaban J connectivity index is 1.67. The van der Waals surface area contributed by atoms with Crippen LogP contribution in [0.2, 0.25) is 0 Å². The molecule has 1 aliphatic carbocycles. The fourth-order valence-corrected chi connectivity index (χ4v) is 5.15. The van der Waals surface area contributed by atoms with E-state index >= 15 is 0 Å². The van der Waals surface area contributed by atoms with Gasteiger partial charge in [0.05, 0.1) is 19.2 Å². The van der Waals surface area contributed by atoms with Gasteiger partial charge in [-0.2, -0.15) is 0 Å². The lowest BCUT2D eigenvalue weighted by molar-refractivity contribution is -0.141. The Morgan fingerprint density at radius 2 is 1.97 bits per heavy atom. The van der Waals surface area contributed by atoms with Crippen LogP contribution in [0.4, 0.5) is 0 Å². The van der Waals surface area contributed by atoms with Gasteiger partial charge in [-0.1, -0.05) is 43.5 Å². The molecule has 0 radical (unpaired) electrons. The molecule has 1 aromatic carbocycles. The van der Waals surface area contributed by atoms with Gasteiger partial charge in [0.25, 0.3) is 0 Å². The first-order chi connectivity index (χ1) is 16.6. The first-order valence-corrected chi connectivity index (χ1v) is 12.7. The van der Waals surface area contributed by atoms with Crippen molar-refractivity contribution in [3.63, 3.8) is 0 Å². The molecule has 0 aliphatic heterocycles. The number of pyridine rings is 1. The van der Waals surface area contributed by atoms with Crippen LogP contribution in [0.25, 0.3) is 0 Å². The fraction of sp³-hybridized carbons (Fsp3) is 0.370. The number of carbonyl (C=O) groups excluding carboxylic acids is 2. The van der Waals surface area contributed by atoms with E-state index in [1.165, 1.54) is 6.42 Å². The minimum Gasteiger partial charge on any atom is -0.497 e. The van der Waals surface area contributed by atoms with E-state index in [4.69, 9.17) is 4.74 Å². The lowest BCUT2D eigenvalue weighted by Crippen LogP contribution is -2.47. The maximum Gasteiger partial charge on any atom is 0.249 e. The van der Waals surface area contributed by atoms with Gasteiger partial charge in [0.15, 0.2) is 6.04 Å². The van der Waals surface area contributed by atoms with E-state index in [2.05, 4.69) is 10.3 Å². The lowest BCUT2D eigenvalue weighted by atomic mass is 9.95. The highest BCUT2D eigenvalue weighted by molar-refractivity contribution is 7.10. The highest BCUT2D eigenvalue weighted by atomic mass is 32.1. The van der Waals surface area contributed by atoms with Gasteiger partial charge in [0.1, 0.15) is 5.75 Å². The molecule has 178 valence electrons. The highest BCUT2D eigenvalue weighted by Gasteiger charge is 2.34. The van der Waals surface area contributed by atoms with E-state index in [1.54, 1.807) is 29.5 Å². The van der Waals surface area contributed by atoms with Gasteiger partial charge in [-0.05, 0) is 54.1 Å². The number of aromatic nitrogens is 1. The normalized spacial score (nSPS) is 14.9. The summed E-state index contributed by atoms with van der Waals surface area (Å²) in [5.74, 6) is 0.428. The van der Waals surface area contributed by atoms with E-state index in [9.17, 15) is 9.59 Å². The van der Waals surface area contributed by atoms with E-state index in [0.29, 0.717) is 11.4 Å². The molecular weight excluding hydrogens is 446 g/mol. The van der Waals surface area contributed by atoms with E-state index in [-0.39, 0.29) is 30.8 Å². The number of hydrogen-bond acceptors (Lipinski definition) is 5. The molecule has 0 saturated heterocycles. The summed E-state index contributed by atoms with van der Waals surface area (Å²) < 4.78 is 5.38. The zero-order valence-electron chi connectivity index (χ0n) is 19.5. The quantitative estimate of drug-likeness (QED) is 0.475. The van der Waals surface area contributed by atoms with Crippen molar-refractivity contribution in [3.8, 4) is 5.75 Å². The number of ether oxygens (including phenoxy) is 1. The molecule has 1 fully saturated rings. The Kier molecular flexibility index (Phi) is 8.31. The van der Waals surface area contributed by atoms with Crippen LogP contribution in [-0.4, -0.2) is 34.8 Å². The second-order valence-electron chi connectivity index (χ2n) is 8.63. The molecule has 2 aromatic heterocycles. The maximum atomic E-state index is 13.7. The minimum atomic E-state index is -0.818. The summed E-state index contributed by atoms with van der Waals surface area (Å²) in [7, 11) is 1.62. The molecule has 0 bridgehead atoms. The van der Waals surface area contributed by atoms with Crippen molar-refractivity contribution in [3.05, 3.63) is 82.3 Å². The van der Waals surface area contributed by atoms with Gasteiger partial charge in [-0.15, -0.1) is 11.3 Å². The summed E-state index contributed by atoms with van der Waals surface area (Å²) in [5, 5.41) is 5.18. The first-order valence-electron chi connectivity index (χ1n) is 11.8. The Hall–Kier alpha value is -3.19. The number of thiophene rings is 1. The Morgan fingerprint density at radius 3 is 2.68 bits per heavy atom. The molecule has 1 N–H and O–H groups in total. The fourth-order valence-electron chi connectivity index (χ4n) is 4.46. The molecule has 3 aromatic rings. The van der Waals surface area contributed by atoms with Gasteiger partial charge in [0.2, 0.25) is 11.8 Å². The number of amides is 2. The van der Waals surface area contributed by atoms with Crippen LogP contribution in [-0.2, 0) is 22.6 Å². The van der Waals surface area contributed by atoms with Crippen molar-refractivity contribution in [2.75, 3.05) is 7.11 Å². The van der Waals surface area contributed by atoms with Crippen molar-refractivity contribution in [2.24, 2.45) is 0 Å². The van der Waals surface area contributed by atoms with Crippen molar-refractivity contribution < 1.29 is 14.3 Å². The molecule has 1 saturated carbocycles. The van der Waals surface area contributed by atoms with Gasteiger partial charge < -0.3 is 15.0 Å². The third kappa shape index (κ3) is 6.23. The van der Waals surface area contributed by atoms with Crippen molar-refractivity contribution in [2.45, 2.75) is 57.2 Å². The van der Waals surface area contributed by atoms with Crippen LogP contribution in [0, 0.1) is 0 Å². The molecule has 2 heterocycles. The summed E-state index contributed by atoms with van der Waals surface area (Å²) in [4.78, 5) is 34.5. The monoisotopic (exact) mass is 477 g/mol. The topological polar surface area (TPSA) is 71.5 Å². The number of rotatable bonds is 9. The third-order valence-corrected chi connectivity index (χ3v) is 7.07. The molecule has 1 aliphatic rings. The minimum absolute atomic E-state index is 0.111. The zero-order valence-corrected chi connectivity index (χ0v) is 20.3. The SMILES string of the molecule is COc1cccc(CN(C(=O)Cc2cccs2)C(C(=O)NC2CCCCC2)c2ccccn2)c1. The number of carbonyl (C=O) groups is 2. The molecule has 7 heteroatoms. The summed E-state index contributed by atoms with van der Waals surface area (Å²) in [6.07, 6.45) is 7.29. The second kappa shape index (κ2) is 11.8. The summed E-state index contributed by atoms with van der Waals surface area (Å²) in [6.45, 7) is 0.279. The van der Waals surface area contributed by atoms with Crippen molar-refractivity contribution >= 4 is 23.2 Å². The molecule has 1 atom stereocenters. The number of methoxy groups -OCH3 is 1. The van der Waals surface area contributed by atoms with Crippen LogP contribution in [0.1, 0.15) is 54.3 Å². The van der Waals surface area contributed by atoms with Gasteiger partial charge in [-0.3, -0.25) is 14.6 Å². The Labute approximate surface area is 205 Å². The highest BCUT2D eigenvalue weighted by Crippen LogP contribution is 2.27. The van der Waals surface area contributed by atoms with Crippen LogP contribution in [0.5, 0.6) is 5.75 Å². The second-order valence-corrected chi connectivity index (χ2v) is 9.66. The van der Waals surface area contributed by atoms with Crippen molar-refractivity contribution in [1.29, 1.82) is 0 Å². The van der Waals surface area contributed by atoms with Crippen LogP contribution in [0.3, 0.4) is 0 Å². The predicted molar refractivity (Wildman–Crippen MR) is 134 cm³/mol. The van der Waals surface area contributed by atoms with Gasteiger partial charge in [-0.25, -0.2) is 0 Å². The smallest absolute Gasteiger partial charge is 0.249 e. The van der Waals surface area contributed by atoms with Gasteiger partial charge in [0, 0.05) is 23.7 Å². The third-order valence-electron chi connectivity index (χ3n) is 6.19.